The molecule has 1 unspecified atom stereocenters. The lowest BCUT2D eigenvalue weighted by molar-refractivity contribution is -0.122. The van der Waals surface area contributed by atoms with Gasteiger partial charge in [0.1, 0.15) is 23.3 Å². The van der Waals surface area contributed by atoms with Crippen LogP contribution in [0.1, 0.15) is 24.0 Å². The number of nitrogens with one attached hydrogen (secondary N) is 4. The summed E-state index contributed by atoms with van der Waals surface area (Å²) in [5, 5.41) is 16.4. The van der Waals surface area contributed by atoms with Crippen molar-refractivity contribution in [2.45, 2.75) is 32.4 Å². The molecule has 3 rings (SSSR count). The Morgan fingerprint density at radius 3 is 2.72 bits per heavy atom. The minimum atomic E-state index is -0.573. The number of aromatic nitrogens is 4. The lowest BCUT2D eigenvalue weighted by atomic mass is 10.1. The number of imidazole rings is 1. The van der Waals surface area contributed by atoms with Crippen molar-refractivity contribution < 1.29 is 4.79 Å². The maximum atomic E-state index is 13.0. The van der Waals surface area contributed by atoms with Gasteiger partial charge in [-0.05, 0) is 25.3 Å². The van der Waals surface area contributed by atoms with E-state index < -0.39 is 6.04 Å². The Balaban J connectivity index is 1.70. The monoisotopic (exact) mass is 455 g/mol. The molecule has 1 aromatic carbocycles. The first-order valence-electron chi connectivity index (χ1n) is 10.1. The highest BCUT2D eigenvalue weighted by atomic mass is 35.5. The largest absolute Gasteiger partial charge is 0.370 e. The number of amides is 1. The summed E-state index contributed by atoms with van der Waals surface area (Å²) >= 11 is 6.17. The minimum Gasteiger partial charge on any atom is -0.370 e. The summed E-state index contributed by atoms with van der Waals surface area (Å²) < 4.78 is 1.63. The van der Waals surface area contributed by atoms with Crippen LogP contribution in [0, 0.1) is 12.3 Å². The average molecular weight is 456 g/mol. The van der Waals surface area contributed by atoms with E-state index in [1.54, 1.807) is 29.4 Å². The van der Waals surface area contributed by atoms with Gasteiger partial charge in [-0.25, -0.2) is 9.97 Å². The second-order valence-corrected chi connectivity index (χ2v) is 7.62. The molecular weight excluding hydrogens is 430 g/mol. The van der Waals surface area contributed by atoms with Crippen LogP contribution in [0.25, 0.3) is 5.95 Å². The maximum absolute atomic E-state index is 13.0. The molecular formula is C21H26ClN9O. The second kappa shape index (κ2) is 11.1. The zero-order valence-electron chi connectivity index (χ0n) is 17.7. The predicted molar refractivity (Wildman–Crippen MR) is 124 cm³/mol. The fourth-order valence-electron chi connectivity index (χ4n) is 2.97. The number of halogens is 1. The van der Waals surface area contributed by atoms with Crippen LogP contribution in [0.3, 0.4) is 0 Å². The van der Waals surface area contributed by atoms with Crippen LogP contribution in [-0.2, 0) is 11.3 Å². The van der Waals surface area contributed by atoms with E-state index in [1.165, 1.54) is 0 Å². The van der Waals surface area contributed by atoms with Gasteiger partial charge in [0.2, 0.25) is 11.9 Å². The standard InChI is InChI=1S/C21H26ClN9O/c1-14-4-6-15(7-5-14)12-27-19(32)16(3-2-8-26-20(23)24)28-18-11-17(22)29-21(30-18)31-10-9-25-13-31/h4-7,9-11,13,16H,2-3,8,12H2,1H3,(H,27,32)(H4,23,24,26)(H,28,29,30). The number of carbonyl (C=O) groups excluding carboxylic acids is 1. The molecule has 2 aromatic heterocycles. The first-order valence-corrected chi connectivity index (χ1v) is 10.5. The number of guanidine groups is 1. The summed E-state index contributed by atoms with van der Waals surface area (Å²) in [6.45, 7) is 2.90. The van der Waals surface area contributed by atoms with Gasteiger partial charge in [-0.15, -0.1) is 0 Å². The number of nitrogens with two attached hydrogens (primary N) is 1. The Bertz CT molecular complexity index is 1040. The normalized spacial score (nSPS) is 11.6. The molecule has 0 aliphatic rings. The van der Waals surface area contributed by atoms with Crippen LogP contribution in [0.4, 0.5) is 5.82 Å². The van der Waals surface area contributed by atoms with Gasteiger partial charge in [0.25, 0.3) is 0 Å². The second-order valence-electron chi connectivity index (χ2n) is 7.23. The van der Waals surface area contributed by atoms with Gasteiger partial charge in [0.15, 0.2) is 5.96 Å². The number of rotatable bonds is 10. The Morgan fingerprint density at radius 2 is 2.03 bits per heavy atom. The maximum Gasteiger partial charge on any atom is 0.242 e. The number of nitrogens with zero attached hydrogens (tertiary/aromatic N) is 4. The average Bonchev–Trinajstić information content (AvgIpc) is 3.30. The van der Waals surface area contributed by atoms with Crippen LogP contribution in [-0.4, -0.2) is 44.0 Å². The lowest BCUT2D eigenvalue weighted by Crippen LogP contribution is -2.40. The molecule has 32 heavy (non-hydrogen) atoms. The topological polar surface area (TPSA) is 147 Å². The van der Waals surface area contributed by atoms with E-state index >= 15 is 0 Å². The van der Waals surface area contributed by atoms with Gasteiger partial charge >= 0.3 is 0 Å². The van der Waals surface area contributed by atoms with Gasteiger partial charge < -0.3 is 21.7 Å². The van der Waals surface area contributed by atoms with E-state index in [9.17, 15) is 4.79 Å². The van der Waals surface area contributed by atoms with Crippen molar-refractivity contribution in [2.75, 3.05) is 11.9 Å². The van der Waals surface area contributed by atoms with Crippen LogP contribution < -0.4 is 21.7 Å². The third-order valence-corrected chi connectivity index (χ3v) is 4.82. The Kier molecular flexibility index (Phi) is 7.98. The van der Waals surface area contributed by atoms with Gasteiger partial charge in [-0.3, -0.25) is 14.8 Å². The predicted octanol–water partition coefficient (Wildman–Crippen LogP) is 1.98. The smallest absolute Gasteiger partial charge is 0.242 e. The van der Waals surface area contributed by atoms with Crippen LogP contribution >= 0.6 is 11.6 Å². The fourth-order valence-corrected chi connectivity index (χ4v) is 3.15. The Morgan fingerprint density at radius 1 is 1.25 bits per heavy atom. The van der Waals surface area contributed by atoms with Gasteiger partial charge in [0, 0.05) is 31.5 Å². The van der Waals surface area contributed by atoms with Crippen molar-refractivity contribution in [3.8, 4) is 5.95 Å². The molecule has 168 valence electrons. The highest BCUT2D eigenvalue weighted by molar-refractivity contribution is 6.29. The number of aryl methyl sites for hydroxylation is 1. The molecule has 0 spiro atoms. The number of hydrogen-bond acceptors (Lipinski definition) is 6. The van der Waals surface area contributed by atoms with Crippen LogP contribution in [0.5, 0.6) is 0 Å². The van der Waals surface area contributed by atoms with Crippen molar-refractivity contribution in [2.24, 2.45) is 5.73 Å². The van der Waals surface area contributed by atoms with E-state index in [1.807, 2.05) is 31.2 Å². The molecule has 2 heterocycles. The molecule has 0 fully saturated rings. The van der Waals surface area contributed by atoms with Crippen molar-refractivity contribution in [1.82, 2.24) is 30.2 Å². The van der Waals surface area contributed by atoms with Gasteiger partial charge in [-0.1, -0.05) is 41.4 Å². The van der Waals surface area contributed by atoms with Gasteiger partial charge in [-0.2, -0.15) is 4.98 Å². The van der Waals surface area contributed by atoms with E-state index in [-0.39, 0.29) is 17.0 Å². The highest BCUT2D eigenvalue weighted by Gasteiger charge is 2.19. The van der Waals surface area contributed by atoms with Crippen LogP contribution in [0.2, 0.25) is 5.15 Å². The molecule has 1 amide bonds. The Labute approximate surface area is 191 Å². The van der Waals surface area contributed by atoms with Crippen molar-refractivity contribution >= 4 is 29.3 Å². The van der Waals surface area contributed by atoms with Gasteiger partial charge in [0.05, 0.1) is 0 Å². The minimum absolute atomic E-state index is 0.106. The van der Waals surface area contributed by atoms with Crippen molar-refractivity contribution in [3.05, 3.63) is 65.3 Å². The third-order valence-electron chi connectivity index (χ3n) is 4.63. The Hall–Kier alpha value is -3.66. The summed E-state index contributed by atoms with van der Waals surface area (Å²) in [4.78, 5) is 25.6. The van der Waals surface area contributed by atoms with E-state index in [2.05, 4.69) is 30.9 Å². The molecule has 1 atom stereocenters. The van der Waals surface area contributed by atoms with E-state index in [4.69, 9.17) is 22.7 Å². The summed E-state index contributed by atoms with van der Waals surface area (Å²) in [5.41, 5.74) is 7.50. The molecule has 0 saturated carbocycles. The molecule has 0 bridgehead atoms. The first kappa shape index (κ1) is 23.0. The molecule has 0 saturated heterocycles. The van der Waals surface area contributed by atoms with Crippen molar-refractivity contribution in [3.63, 3.8) is 0 Å². The summed E-state index contributed by atoms with van der Waals surface area (Å²) in [7, 11) is 0. The van der Waals surface area contributed by atoms with Crippen molar-refractivity contribution in [1.29, 1.82) is 5.41 Å². The number of benzene rings is 1. The molecule has 6 N–H and O–H groups in total. The summed E-state index contributed by atoms with van der Waals surface area (Å²) in [5.74, 6) is 0.483. The molecule has 3 aromatic rings. The van der Waals surface area contributed by atoms with E-state index in [0.717, 1.165) is 11.1 Å². The summed E-state index contributed by atoms with van der Waals surface area (Å²) in [6, 6.07) is 8.97. The molecule has 11 heteroatoms. The number of hydrogen-bond donors (Lipinski definition) is 5. The highest BCUT2D eigenvalue weighted by Crippen LogP contribution is 2.16. The number of carbonyl (C=O) groups is 1. The van der Waals surface area contributed by atoms with Crippen LogP contribution in [0.15, 0.2) is 49.1 Å². The van der Waals surface area contributed by atoms with E-state index in [0.29, 0.717) is 37.7 Å². The molecule has 0 aliphatic heterocycles. The molecule has 10 nitrogen and oxygen atoms in total. The fraction of sp³-hybridized carbons (Fsp3) is 0.286. The number of anilines is 1. The zero-order valence-corrected chi connectivity index (χ0v) is 18.4. The quantitative estimate of drug-likeness (QED) is 0.136. The summed E-state index contributed by atoms with van der Waals surface area (Å²) in [6.07, 6.45) is 5.98. The molecule has 0 aliphatic carbocycles. The zero-order chi connectivity index (χ0) is 22.9. The first-order chi connectivity index (χ1) is 15.4. The SMILES string of the molecule is Cc1ccc(CNC(=O)C(CCCNC(=N)N)Nc2cc(Cl)nc(-n3ccnc3)n2)cc1. The third kappa shape index (κ3) is 6.95. The lowest BCUT2D eigenvalue weighted by Gasteiger charge is -2.20. The molecule has 0 radical (unpaired) electrons.